The molecule has 0 aromatic carbocycles. The zero-order valence-electron chi connectivity index (χ0n) is 13.7. The second kappa shape index (κ2) is 8.62. The fourth-order valence-corrected chi connectivity index (χ4v) is 1.92. The first-order valence-corrected chi connectivity index (χ1v) is 8.14. The van der Waals surface area contributed by atoms with E-state index < -0.39 is 64.0 Å². The van der Waals surface area contributed by atoms with Crippen molar-refractivity contribution in [3.63, 3.8) is 0 Å². The van der Waals surface area contributed by atoms with Crippen LogP contribution in [0, 0.1) is 0 Å². The van der Waals surface area contributed by atoms with E-state index in [2.05, 4.69) is 22.6 Å². The Balaban J connectivity index is 5.96. The van der Waals surface area contributed by atoms with Crippen molar-refractivity contribution in [2.75, 3.05) is 6.61 Å². The van der Waals surface area contributed by atoms with Crippen molar-refractivity contribution in [1.82, 2.24) is 5.32 Å². The zero-order chi connectivity index (χ0) is 23.5. The summed E-state index contributed by atoms with van der Waals surface area (Å²) in [6.07, 6.45) is -8.34. The van der Waals surface area contributed by atoms with E-state index in [9.17, 15) is 53.1 Å². The number of carbonyl (C=O) groups excluding carboxylic acids is 2. The Hall–Kier alpha value is -2.27. The Morgan fingerprint density at radius 3 is 1.93 bits per heavy atom. The normalized spacial score (nSPS) is 15.2. The number of halogens is 8. The number of carbonyl (C=O) groups is 2. The molecule has 0 bridgehead atoms. The Bertz CT molecular complexity index is 780. The molecule has 1 unspecified atom stereocenters. The maximum Gasteiger partial charge on any atom is 0.466 e. The Kier molecular flexibility index (Phi) is 7.94. The van der Waals surface area contributed by atoms with Crippen molar-refractivity contribution in [3.8, 4) is 0 Å². The third kappa shape index (κ3) is 5.63. The molecule has 0 rings (SSSR count). The van der Waals surface area contributed by atoms with Crippen molar-refractivity contribution >= 4 is 22.0 Å². The summed E-state index contributed by atoms with van der Waals surface area (Å²) < 4.78 is 142. The number of hydrogen-bond acceptors (Lipinski definition) is 6. The van der Waals surface area contributed by atoms with Crippen LogP contribution >= 0.6 is 0 Å². The molecule has 2 N–H and O–H groups in total. The lowest BCUT2D eigenvalue weighted by Crippen LogP contribution is -2.61. The van der Waals surface area contributed by atoms with Gasteiger partial charge in [0.25, 0.3) is 0 Å². The van der Waals surface area contributed by atoms with E-state index in [0.29, 0.717) is 0 Å². The highest BCUT2D eigenvalue weighted by atomic mass is 32.2. The van der Waals surface area contributed by atoms with E-state index in [1.807, 2.05) is 0 Å². The van der Waals surface area contributed by atoms with Gasteiger partial charge in [0, 0.05) is 6.42 Å². The second-order valence-electron chi connectivity index (χ2n) is 4.88. The van der Waals surface area contributed by atoms with E-state index in [1.54, 1.807) is 0 Å². The molecule has 1 atom stereocenters. The molecule has 0 aromatic rings. The van der Waals surface area contributed by atoms with Gasteiger partial charge in [-0.05, 0) is 6.20 Å². The Labute approximate surface area is 156 Å². The number of rotatable bonds is 10. The van der Waals surface area contributed by atoms with Gasteiger partial charge in [-0.15, -0.1) is 0 Å². The highest BCUT2D eigenvalue weighted by Gasteiger charge is 2.68. The third-order valence-corrected chi connectivity index (χ3v) is 3.78. The van der Waals surface area contributed by atoms with Crippen LogP contribution < -0.4 is 5.32 Å². The Morgan fingerprint density at radius 1 is 1.10 bits per heavy atom. The molecule has 0 aromatic heterocycles. The first-order chi connectivity index (χ1) is 12.8. The largest absolute Gasteiger partial charge is 0.466 e. The molecule has 0 radical (unpaired) electrons. The highest BCUT2D eigenvalue weighted by molar-refractivity contribution is 7.87. The first-order valence-electron chi connectivity index (χ1n) is 6.70. The van der Waals surface area contributed by atoms with Crippen LogP contribution in [0.1, 0.15) is 6.42 Å². The van der Waals surface area contributed by atoms with Crippen LogP contribution in [0.15, 0.2) is 25.2 Å². The molecule has 168 valence electrons. The summed E-state index contributed by atoms with van der Waals surface area (Å²) >= 11 is 0. The molecular formula is C12H11F8NO7S. The van der Waals surface area contributed by atoms with Gasteiger partial charge >= 0.3 is 45.1 Å². The van der Waals surface area contributed by atoms with Gasteiger partial charge < -0.3 is 14.8 Å². The fourth-order valence-electron chi connectivity index (χ4n) is 1.44. The minimum Gasteiger partial charge on any atom is -0.410 e. The lowest BCUT2D eigenvalue weighted by molar-refractivity contribution is -0.349. The predicted octanol–water partition coefficient (Wildman–Crippen LogP) is 2.05. The fraction of sp³-hybridized carbons (Fsp3) is 0.500. The molecule has 0 aliphatic heterocycles. The van der Waals surface area contributed by atoms with Crippen LogP contribution in [0.3, 0.4) is 0 Å². The number of esters is 1. The van der Waals surface area contributed by atoms with Gasteiger partial charge in [-0.1, -0.05) is 13.2 Å². The van der Waals surface area contributed by atoms with Crippen LogP contribution in [0.2, 0.25) is 0 Å². The van der Waals surface area contributed by atoms with Crippen molar-refractivity contribution < 1.29 is 67.2 Å². The number of amides is 1. The van der Waals surface area contributed by atoms with Crippen LogP contribution in [-0.4, -0.2) is 54.6 Å². The number of alkyl halides is 7. The second-order valence-corrected chi connectivity index (χ2v) is 6.34. The minimum atomic E-state index is -6.71. The smallest absolute Gasteiger partial charge is 0.410 e. The number of ether oxygens (including phenoxy) is 2. The quantitative estimate of drug-likeness (QED) is 0.167. The van der Waals surface area contributed by atoms with Crippen LogP contribution in [-0.2, 0) is 29.2 Å². The molecule has 0 spiro atoms. The van der Waals surface area contributed by atoms with E-state index in [-0.39, 0.29) is 6.20 Å². The Morgan fingerprint density at radius 2 is 1.59 bits per heavy atom. The summed E-state index contributed by atoms with van der Waals surface area (Å²) in [5.41, 5.74) is 0. The van der Waals surface area contributed by atoms with Crippen molar-refractivity contribution in [2.45, 2.75) is 29.6 Å². The van der Waals surface area contributed by atoms with Crippen molar-refractivity contribution in [3.05, 3.63) is 25.2 Å². The summed E-state index contributed by atoms with van der Waals surface area (Å²) in [5, 5.41) is -4.94. The van der Waals surface area contributed by atoms with Gasteiger partial charge in [-0.25, -0.2) is 4.79 Å². The van der Waals surface area contributed by atoms with E-state index in [0.717, 1.165) is 0 Å². The molecule has 0 aliphatic rings. The van der Waals surface area contributed by atoms with E-state index in [1.165, 1.54) is 5.32 Å². The van der Waals surface area contributed by atoms with E-state index in [4.69, 9.17) is 4.55 Å². The average Bonchev–Trinajstić information content (AvgIpc) is 2.51. The molecule has 0 aliphatic carbocycles. The standard InChI is InChI=1S/C12H11F8NO7S/c1-3-21-8(23)10(11(16,17)18,28-7(22)6(2)13)27-5-4-9(14,15)12(19,20)29(24,25)26/h3H,1-2,4-5H2,(H,21,23)(H,24,25,26). The third-order valence-electron chi connectivity index (χ3n) is 2.83. The lowest BCUT2D eigenvalue weighted by Gasteiger charge is -2.33. The van der Waals surface area contributed by atoms with Gasteiger partial charge in [0.15, 0.2) is 0 Å². The van der Waals surface area contributed by atoms with Gasteiger partial charge in [0.2, 0.25) is 5.83 Å². The van der Waals surface area contributed by atoms with Gasteiger partial charge in [0.1, 0.15) is 0 Å². The number of hydrogen-bond donors (Lipinski definition) is 2. The van der Waals surface area contributed by atoms with Crippen LogP contribution in [0.25, 0.3) is 0 Å². The van der Waals surface area contributed by atoms with Gasteiger partial charge in [0.05, 0.1) is 6.61 Å². The summed E-state index contributed by atoms with van der Waals surface area (Å²) in [5.74, 6) is -17.7. The molecule has 0 saturated heterocycles. The van der Waals surface area contributed by atoms with Crippen molar-refractivity contribution in [1.29, 1.82) is 0 Å². The molecule has 8 nitrogen and oxygen atoms in total. The molecule has 17 heteroatoms. The monoisotopic (exact) mass is 465 g/mol. The van der Waals surface area contributed by atoms with Crippen LogP contribution in [0.5, 0.6) is 0 Å². The molecule has 0 heterocycles. The number of nitrogens with one attached hydrogen (secondary N) is 1. The summed E-state index contributed by atoms with van der Waals surface area (Å²) in [6, 6.07) is 0. The van der Waals surface area contributed by atoms with Crippen LogP contribution in [0.4, 0.5) is 35.1 Å². The van der Waals surface area contributed by atoms with Gasteiger partial charge in [-0.2, -0.15) is 43.5 Å². The molecule has 29 heavy (non-hydrogen) atoms. The summed E-state index contributed by atoms with van der Waals surface area (Å²) in [7, 11) is -6.71. The SMILES string of the molecule is C=CNC(=O)C(OCCC(F)(F)C(F)(F)S(=O)(=O)O)(OC(=O)C(=C)F)C(F)(F)F. The molecular weight excluding hydrogens is 454 g/mol. The van der Waals surface area contributed by atoms with E-state index >= 15 is 0 Å². The first kappa shape index (κ1) is 26.7. The summed E-state index contributed by atoms with van der Waals surface area (Å²) in [4.78, 5) is 22.8. The zero-order valence-corrected chi connectivity index (χ0v) is 14.6. The summed E-state index contributed by atoms with van der Waals surface area (Å²) in [6.45, 7) is 2.86. The maximum absolute atomic E-state index is 13.4. The van der Waals surface area contributed by atoms with Gasteiger partial charge in [-0.3, -0.25) is 9.35 Å². The average molecular weight is 465 g/mol. The minimum absolute atomic E-state index is 0.283. The topological polar surface area (TPSA) is 119 Å². The molecule has 1 amide bonds. The predicted molar refractivity (Wildman–Crippen MR) is 75.5 cm³/mol. The molecule has 0 fully saturated rings. The highest BCUT2D eigenvalue weighted by Crippen LogP contribution is 2.42. The molecule has 0 saturated carbocycles. The van der Waals surface area contributed by atoms with Crippen molar-refractivity contribution in [2.24, 2.45) is 0 Å². The lowest BCUT2D eigenvalue weighted by atomic mass is 10.2. The maximum atomic E-state index is 13.4.